The summed E-state index contributed by atoms with van der Waals surface area (Å²) in [5.74, 6) is -0.509. The van der Waals surface area contributed by atoms with Gasteiger partial charge in [-0.25, -0.2) is 0 Å². The Morgan fingerprint density at radius 3 is 2.88 bits per heavy atom. The number of carboxylic acid groups (broad SMARTS) is 1. The molecule has 130 valence electrons. The van der Waals surface area contributed by atoms with Crippen LogP contribution in [0.1, 0.15) is 36.5 Å². The zero-order valence-electron chi connectivity index (χ0n) is 13.9. The van der Waals surface area contributed by atoms with Crippen molar-refractivity contribution >= 4 is 11.9 Å². The Hall–Kier alpha value is -2.08. The van der Waals surface area contributed by atoms with Gasteiger partial charge in [0.25, 0.3) is 5.91 Å². The van der Waals surface area contributed by atoms with Crippen LogP contribution in [0, 0.1) is 5.41 Å². The number of benzene rings is 1. The van der Waals surface area contributed by atoms with Crippen LogP contribution in [0.25, 0.3) is 0 Å². The smallest absolute Gasteiger partial charge is 0.311 e. The van der Waals surface area contributed by atoms with Gasteiger partial charge in [0.1, 0.15) is 12.4 Å². The number of hydrogen-bond donors (Lipinski definition) is 1. The van der Waals surface area contributed by atoms with Crippen LogP contribution in [0.15, 0.2) is 24.3 Å². The van der Waals surface area contributed by atoms with Gasteiger partial charge in [0.05, 0.1) is 17.1 Å². The van der Waals surface area contributed by atoms with Crippen molar-refractivity contribution in [3.05, 3.63) is 29.8 Å². The molecule has 2 fully saturated rings. The maximum atomic E-state index is 12.8. The number of nitrogens with zero attached hydrogens (tertiary/aromatic N) is 1. The number of aliphatic carboxylic acids is 1. The Labute approximate surface area is 141 Å². The van der Waals surface area contributed by atoms with Crippen molar-refractivity contribution in [1.29, 1.82) is 0 Å². The first-order chi connectivity index (χ1) is 11.5. The lowest BCUT2D eigenvalue weighted by Gasteiger charge is -2.21. The van der Waals surface area contributed by atoms with E-state index in [4.69, 9.17) is 9.47 Å². The number of amides is 1. The zero-order chi connectivity index (χ0) is 17.2. The Kier molecular flexibility index (Phi) is 4.76. The standard InChI is InChI=1S/C18H23NO5/c1-18(17(21)22)8-9-19(12-18)16(20)14-6-2-3-7-15(14)24-11-13-5-4-10-23-13/h2-3,6-7,13H,4-5,8-12H2,1H3,(H,21,22)/t13-,18+/m0/s1. The van der Waals surface area contributed by atoms with E-state index in [0.29, 0.717) is 30.9 Å². The third-order valence-corrected chi connectivity index (χ3v) is 4.84. The molecule has 1 N–H and O–H groups in total. The summed E-state index contributed by atoms with van der Waals surface area (Å²) in [6.45, 7) is 3.54. The van der Waals surface area contributed by atoms with Crippen LogP contribution in [-0.4, -0.2) is 54.3 Å². The lowest BCUT2D eigenvalue weighted by Crippen LogP contribution is -2.35. The predicted molar refractivity (Wildman–Crippen MR) is 87.2 cm³/mol. The molecule has 2 aliphatic rings. The third-order valence-electron chi connectivity index (χ3n) is 4.84. The molecular weight excluding hydrogens is 310 g/mol. The van der Waals surface area contributed by atoms with E-state index >= 15 is 0 Å². The highest BCUT2D eigenvalue weighted by Gasteiger charge is 2.42. The van der Waals surface area contributed by atoms with Gasteiger partial charge in [0.15, 0.2) is 0 Å². The van der Waals surface area contributed by atoms with Gasteiger partial charge in [-0.2, -0.15) is 0 Å². The Morgan fingerprint density at radius 2 is 2.21 bits per heavy atom. The van der Waals surface area contributed by atoms with Gasteiger partial charge in [-0.05, 0) is 38.3 Å². The molecule has 2 saturated heterocycles. The Morgan fingerprint density at radius 1 is 1.42 bits per heavy atom. The fraction of sp³-hybridized carbons (Fsp3) is 0.556. The monoisotopic (exact) mass is 333 g/mol. The second-order valence-corrected chi connectivity index (χ2v) is 6.78. The molecule has 0 saturated carbocycles. The van der Waals surface area contributed by atoms with E-state index in [2.05, 4.69) is 0 Å². The fourth-order valence-electron chi connectivity index (χ4n) is 3.21. The maximum absolute atomic E-state index is 12.8. The number of carbonyl (C=O) groups excluding carboxylic acids is 1. The van der Waals surface area contributed by atoms with Gasteiger partial charge in [0, 0.05) is 19.7 Å². The number of carbonyl (C=O) groups is 2. The minimum atomic E-state index is -0.872. The van der Waals surface area contributed by atoms with E-state index in [1.807, 2.05) is 6.07 Å². The molecule has 1 amide bonds. The number of likely N-dealkylation sites (tertiary alicyclic amines) is 1. The van der Waals surface area contributed by atoms with E-state index < -0.39 is 11.4 Å². The molecule has 2 heterocycles. The van der Waals surface area contributed by atoms with Crippen molar-refractivity contribution in [2.75, 3.05) is 26.3 Å². The van der Waals surface area contributed by atoms with Crippen LogP contribution in [0.3, 0.4) is 0 Å². The summed E-state index contributed by atoms with van der Waals surface area (Å²) in [6, 6.07) is 7.11. The van der Waals surface area contributed by atoms with Crippen molar-refractivity contribution in [3.8, 4) is 5.75 Å². The molecule has 6 heteroatoms. The van der Waals surface area contributed by atoms with Gasteiger partial charge in [-0.1, -0.05) is 12.1 Å². The number of rotatable bonds is 5. The minimum Gasteiger partial charge on any atom is -0.490 e. The van der Waals surface area contributed by atoms with Crippen molar-refractivity contribution < 1.29 is 24.2 Å². The van der Waals surface area contributed by atoms with E-state index in [9.17, 15) is 14.7 Å². The molecule has 1 aromatic carbocycles. The molecule has 3 rings (SSSR count). The highest BCUT2D eigenvalue weighted by atomic mass is 16.5. The quantitative estimate of drug-likeness (QED) is 0.894. The third kappa shape index (κ3) is 3.38. The van der Waals surface area contributed by atoms with E-state index in [1.165, 1.54) is 0 Å². The second-order valence-electron chi connectivity index (χ2n) is 6.78. The summed E-state index contributed by atoms with van der Waals surface area (Å²) in [4.78, 5) is 25.8. The van der Waals surface area contributed by atoms with Gasteiger partial charge in [-0.15, -0.1) is 0 Å². The van der Waals surface area contributed by atoms with E-state index in [-0.39, 0.29) is 18.6 Å². The van der Waals surface area contributed by atoms with Crippen LogP contribution >= 0.6 is 0 Å². The summed E-state index contributed by atoms with van der Waals surface area (Å²) in [5.41, 5.74) is -0.395. The summed E-state index contributed by atoms with van der Waals surface area (Å²) < 4.78 is 11.4. The van der Waals surface area contributed by atoms with Crippen LogP contribution in [0.2, 0.25) is 0 Å². The lowest BCUT2D eigenvalue weighted by atomic mass is 9.90. The molecular formula is C18H23NO5. The van der Waals surface area contributed by atoms with E-state index in [1.54, 1.807) is 30.0 Å². The van der Waals surface area contributed by atoms with Crippen molar-refractivity contribution in [3.63, 3.8) is 0 Å². The highest BCUT2D eigenvalue weighted by molar-refractivity contribution is 5.97. The molecule has 24 heavy (non-hydrogen) atoms. The summed E-state index contributed by atoms with van der Waals surface area (Å²) in [6.07, 6.45) is 2.55. The van der Waals surface area contributed by atoms with Crippen molar-refractivity contribution in [2.24, 2.45) is 5.41 Å². The maximum Gasteiger partial charge on any atom is 0.311 e. The van der Waals surface area contributed by atoms with E-state index in [0.717, 1.165) is 19.4 Å². The zero-order valence-corrected chi connectivity index (χ0v) is 13.9. The molecule has 0 bridgehead atoms. The molecule has 2 aliphatic heterocycles. The molecule has 2 atom stereocenters. The van der Waals surface area contributed by atoms with Crippen LogP contribution < -0.4 is 4.74 Å². The normalized spacial score (nSPS) is 26.5. The largest absolute Gasteiger partial charge is 0.490 e. The number of para-hydroxylation sites is 1. The Balaban J connectivity index is 1.70. The van der Waals surface area contributed by atoms with Crippen LogP contribution in [-0.2, 0) is 9.53 Å². The first-order valence-corrected chi connectivity index (χ1v) is 8.36. The lowest BCUT2D eigenvalue weighted by molar-refractivity contribution is -0.147. The molecule has 0 radical (unpaired) electrons. The number of hydrogen-bond acceptors (Lipinski definition) is 4. The summed E-state index contributed by atoms with van der Waals surface area (Å²) >= 11 is 0. The van der Waals surface area contributed by atoms with Crippen LogP contribution in [0.4, 0.5) is 0 Å². The van der Waals surface area contributed by atoms with Crippen molar-refractivity contribution in [2.45, 2.75) is 32.3 Å². The second kappa shape index (κ2) is 6.81. The fourth-order valence-corrected chi connectivity index (χ4v) is 3.21. The van der Waals surface area contributed by atoms with Gasteiger partial charge in [0.2, 0.25) is 0 Å². The summed E-state index contributed by atoms with van der Waals surface area (Å²) in [5, 5.41) is 9.33. The number of ether oxygens (including phenoxy) is 2. The van der Waals surface area contributed by atoms with Gasteiger partial charge >= 0.3 is 5.97 Å². The van der Waals surface area contributed by atoms with Gasteiger partial charge < -0.3 is 19.5 Å². The Bertz CT molecular complexity index is 626. The molecule has 0 aromatic heterocycles. The van der Waals surface area contributed by atoms with Crippen LogP contribution in [0.5, 0.6) is 5.75 Å². The highest BCUT2D eigenvalue weighted by Crippen LogP contribution is 2.32. The first kappa shape index (κ1) is 16.8. The predicted octanol–water partition coefficient (Wildman–Crippen LogP) is 2.18. The summed E-state index contributed by atoms with van der Waals surface area (Å²) in [7, 11) is 0. The average Bonchev–Trinajstić information content (AvgIpc) is 3.23. The minimum absolute atomic E-state index is 0.0789. The molecule has 1 aromatic rings. The molecule has 0 aliphatic carbocycles. The van der Waals surface area contributed by atoms with Gasteiger partial charge in [-0.3, -0.25) is 9.59 Å². The SMILES string of the molecule is C[C@@]1(C(=O)O)CCN(C(=O)c2ccccc2OC[C@@H]2CCCO2)C1. The molecule has 6 nitrogen and oxygen atoms in total. The molecule has 0 spiro atoms. The topological polar surface area (TPSA) is 76.1 Å². The molecule has 0 unspecified atom stereocenters. The first-order valence-electron chi connectivity index (χ1n) is 8.36. The van der Waals surface area contributed by atoms with Crippen molar-refractivity contribution in [1.82, 2.24) is 4.90 Å². The average molecular weight is 333 g/mol. The number of carboxylic acids is 1.